The molecule has 0 spiro atoms. The summed E-state index contributed by atoms with van der Waals surface area (Å²) < 4.78 is 5.47. The van der Waals surface area contributed by atoms with Crippen LogP contribution in [0.5, 0.6) is 5.88 Å². The molecule has 6 heteroatoms. The Hall–Kier alpha value is -1.31. The van der Waals surface area contributed by atoms with Crippen molar-refractivity contribution in [3.05, 3.63) is 36.0 Å². The van der Waals surface area contributed by atoms with E-state index in [1.165, 1.54) is 0 Å². The summed E-state index contributed by atoms with van der Waals surface area (Å²) in [6.07, 6.45) is 1.87. The van der Waals surface area contributed by atoms with Crippen molar-refractivity contribution in [1.29, 1.82) is 0 Å². The normalized spacial score (nSPS) is 10.9. The molecule has 1 rings (SSSR count). The maximum atomic E-state index is 5.72. The minimum atomic E-state index is 0. The first-order valence-corrected chi connectivity index (χ1v) is 6.27. The summed E-state index contributed by atoms with van der Waals surface area (Å²) in [5, 5.41) is 2.97. The molecule has 0 saturated carbocycles. The maximum absolute atomic E-state index is 5.72. The van der Waals surface area contributed by atoms with Crippen molar-refractivity contribution in [2.75, 3.05) is 6.54 Å². The molecule has 112 valence electrons. The summed E-state index contributed by atoms with van der Waals surface area (Å²) in [6.45, 7) is 10.8. The van der Waals surface area contributed by atoms with Gasteiger partial charge in [0.15, 0.2) is 5.96 Å². The van der Waals surface area contributed by atoms with Crippen molar-refractivity contribution < 1.29 is 4.74 Å². The van der Waals surface area contributed by atoms with E-state index in [2.05, 4.69) is 21.9 Å². The van der Waals surface area contributed by atoms with Crippen LogP contribution in [0.1, 0.15) is 26.3 Å². The molecule has 0 aliphatic rings. The highest BCUT2D eigenvalue weighted by molar-refractivity contribution is 14.0. The summed E-state index contributed by atoms with van der Waals surface area (Å²) in [5.41, 5.74) is 7.71. The number of aromatic nitrogens is 1. The van der Waals surface area contributed by atoms with E-state index in [1.807, 2.05) is 32.9 Å². The summed E-state index contributed by atoms with van der Waals surface area (Å²) in [7, 11) is 0. The van der Waals surface area contributed by atoms with Gasteiger partial charge in [-0.25, -0.2) is 9.98 Å². The van der Waals surface area contributed by atoms with Gasteiger partial charge in [0.25, 0.3) is 0 Å². The molecule has 0 atom stereocenters. The molecule has 0 amide bonds. The fraction of sp³-hybridized carbons (Fsp3) is 0.429. The highest BCUT2D eigenvalue weighted by Gasteiger charge is 1.99. The third-order valence-electron chi connectivity index (χ3n) is 2.16. The molecule has 1 aromatic heterocycles. The van der Waals surface area contributed by atoms with Gasteiger partial charge in [-0.2, -0.15) is 0 Å². The Morgan fingerprint density at radius 1 is 1.50 bits per heavy atom. The average molecular weight is 390 g/mol. The molecule has 0 fully saturated rings. The van der Waals surface area contributed by atoms with E-state index < -0.39 is 0 Å². The zero-order valence-electron chi connectivity index (χ0n) is 12.2. The lowest BCUT2D eigenvalue weighted by Crippen LogP contribution is -2.32. The van der Waals surface area contributed by atoms with Gasteiger partial charge >= 0.3 is 0 Å². The molecular formula is C14H23IN4O. The van der Waals surface area contributed by atoms with Crippen LogP contribution >= 0.6 is 24.0 Å². The third-order valence-corrected chi connectivity index (χ3v) is 2.16. The number of aliphatic imine (C=N–C) groups is 1. The number of nitrogens with two attached hydrogens (primary N) is 1. The first kappa shape index (κ1) is 18.7. The number of ether oxygens (including phenoxy) is 1. The number of rotatable bonds is 6. The molecule has 0 aliphatic heterocycles. The van der Waals surface area contributed by atoms with E-state index in [1.54, 1.807) is 6.20 Å². The molecule has 0 aromatic carbocycles. The molecule has 0 bridgehead atoms. The zero-order chi connectivity index (χ0) is 14.3. The standard InChI is InChI=1S/C14H22N4O.HI/c1-10(2)7-17-14(15)18-9-12-5-6-13(16-8-12)19-11(3)4;/h5-6,8,11H,1,7,9H2,2-4H3,(H3,15,17,18);1H. The summed E-state index contributed by atoms with van der Waals surface area (Å²) in [5.74, 6) is 1.03. The van der Waals surface area contributed by atoms with Crippen molar-refractivity contribution >= 4 is 29.9 Å². The van der Waals surface area contributed by atoms with E-state index in [9.17, 15) is 0 Å². The fourth-order valence-electron chi connectivity index (χ4n) is 1.29. The Labute approximate surface area is 137 Å². The molecular weight excluding hydrogens is 367 g/mol. The lowest BCUT2D eigenvalue weighted by atomic mass is 10.3. The highest BCUT2D eigenvalue weighted by atomic mass is 127. The third kappa shape index (κ3) is 7.98. The summed E-state index contributed by atoms with van der Waals surface area (Å²) in [6, 6.07) is 3.77. The first-order chi connectivity index (χ1) is 8.97. The number of hydrogen-bond donors (Lipinski definition) is 2. The van der Waals surface area contributed by atoms with Crippen molar-refractivity contribution in [2.24, 2.45) is 10.7 Å². The number of nitrogens with zero attached hydrogens (tertiary/aromatic N) is 2. The lowest BCUT2D eigenvalue weighted by molar-refractivity contribution is 0.232. The monoisotopic (exact) mass is 390 g/mol. The SMILES string of the molecule is C=C(C)CNC(N)=NCc1ccc(OC(C)C)nc1.I. The van der Waals surface area contributed by atoms with E-state index in [4.69, 9.17) is 10.5 Å². The molecule has 0 saturated heterocycles. The smallest absolute Gasteiger partial charge is 0.213 e. The number of hydrogen-bond acceptors (Lipinski definition) is 3. The molecule has 1 aromatic rings. The predicted octanol–water partition coefficient (Wildman–Crippen LogP) is 2.47. The second kappa shape index (κ2) is 9.57. The summed E-state index contributed by atoms with van der Waals surface area (Å²) >= 11 is 0. The fourth-order valence-corrected chi connectivity index (χ4v) is 1.29. The Kier molecular flexibility index (Phi) is 8.94. The largest absolute Gasteiger partial charge is 0.475 e. The quantitative estimate of drug-likeness (QED) is 0.339. The van der Waals surface area contributed by atoms with Gasteiger partial charge in [0, 0.05) is 18.8 Å². The maximum Gasteiger partial charge on any atom is 0.213 e. The van der Waals surface area contributed by atoms with Crippen LogP contribution in [0.25, 0.3) is 0 Å². The minimum absolute atomic E-state index is 0. The molecule has 3 N–H and O–H groups in total. The minimum Gasteiger partial charge on any atom is -0.475 e. The Morgan fingerprint density at radius 2 is 2.20 bits per heavy atom. The molecule has 0 aliphatic carbocycles. The second-order valence-electron chi connectivity index (χ2n) is 4.68. The van der Waals surface area contributed by atoms with Gasteiger partial charge in [-0.05, 0) is 26.3 Å². The van der Waals surface area contributed by atoms with Gasteiger partial charge < -0.3 is 15.8 Å². The van der Waals surface area contributed by atoms with Gasteiger partial charge in [-0.3, -0.25) is 0 Å². The first-order valence-electron chi connectivity index (χ1n) is 6.27. The molecule has 0 unspecified atom stereocenters. The van der Waals surface area contributed by atoms with Gasteiger partial charge in [0.2, 0.25) is 5.88 Å². The van der Waals surface area contributed by atoms with Crippen LogP contribution in [0.4, 0.5) is 0 Å². The van der Waals surface area contributed by atoms with Crippen LogP contribution in [0.2, 0.25) is 0 Å². The number of guanidine groups is 1. The van der Waals surface area contributed by atoms with Crippen LogP contribution in [-0.2, 0) is 6.54 Å². The van der Waals surface area contributed by atoms with Crippen molar-refractivity contribution in [3.8, 4) is 5.88 Å². The van der Waals surface area contributed by atoms with Crippen molar-refractivity contribution in [2.45, 2.75) is 33.4 Å². The van der Waals surface area contributed by atoms with E-state index in [0.717, 1.165) is 11.1 Å². The molecule has 1 heterocycles. The van der Waals surface area contributed by atoms with E-state index >= 15 is 0 Å². The second-order valence-corrected chi connectivity index (χ2v) is 4.68. The molecule has 20 heavy (non-hydrogen) atoms. The highest BCUT2D eigenvalue weighted by Crippen LogP contribution is 2.09. The Bertz CT molecular complexity index is 443. The summed E-state index contributed by atoms with van der Waals surface area (Å²) in [4.78, 5) is 8.42. The van der Waals surface area contributed by atoms with Crippen LogP contribution < -0.4 is 15.8 Å². The van der Waals surface area contributed by atoms with Gasteiger partial charge in [0.1, 0.15) is 0 Å². The number of nitrogens with one attached hydrogen (secondary N) is 1. The average Bonchev–Trinajstić information content (AvgIpc) is 2.35. The van der Waals surface area contributed by atoms with Crippen molar-refractivity contribution in [3.63, 3.8) is 0 Å². The van der Waals surface area contributed by atoms with Gasteiger partial charge in [-0.1, -0.05) is 18.2 Å². The molecule has 5 nitrogen and oxygen atoms in total. The van der Waals surface area contributed by atoms with Crippen LogP contribution in [0, 0.1) is 0 Å². The number of pyridine rings is 1. The topological polar surface area (TPSA) is 72.5 Å². The van der Waals surface area contributed by atoms with E-state index in [0.29, 0.717) is 24.9 Å². The molecule has 0 radical (unpaired) electrons. The predicted molar refractivity (Wildman–Crippen MR) is 93.6 cm³/mol. The van der Waals surface area contributed by atoms with E-state index in [-0.39, 0.29) is 30.1 Å². The lowest BCUT2D eigenvalue weighted by Gasteiger charge is -2.08. The zero-order valence-corrected chi connectivity index (χ0v) is 14.5. The number of halogens is 1. The van der Waals surface area contributed by atoms with Gasteiger partial charge in [0.05, 0.1) is 12.6 Å². The van der Waals surface area contributed by atoms with Crippen molar-refractivity contribution in [1.82, 2.24) is 10.3 Å². The van der Waals surface area contributed by atoms with Gasteiger partial charge in [-0.15, -0.1) is 24.0 Å². The van der Waals surface area contributed by atoms with Crippen LogP contribution in [0.15, 0.2) is 35.5 Å². The Morgan fingerprint density at radius 3 is 2.70 bits per heavy atom. The Balaban J connectivity index is 0.00000361. The van der Waals surface area contributed by atoms with Crippen LogP contribution in [-0.4, -0.2) is 23.6 Å². The van der Waals surface area contributed by atoms with Crippen LogP contribution in [0.3, 0.4) is 0 Å².